The largest absolute Gasteiger partial charge is 0.383 e. The molecule has 94 valence electrons. The van der Waals surface area contributed by atoms with Crippen molar-refractivity contribution in [3.05, 3.63) is 0 Å². The first-order valence-electron chi connectivity index (χ1n) is 6.41. The highest BCUT2D eigenvalue weighted by atomic mass is 16.5. The van der Waals surface area contributed by atoms with Crippen LogP contribution in [0.3, 0.4) is 0 Å². The van der Waals surface area contributed by atoms with Crippen LogP contribution in [0.2, 0.25) is 0 Å². The normalized spacial score (nSPS) is 17.6. The molecule has 1 fully saturated rings. The van der Waals surface area contributed by atoms with E-state index < -0.39 is 0 Å². The van der Waals surface area contributed by atoms with Crippen molar-refractivity contribution in [2.45, 2.75) is 45.6 Å². The molecule has 0 N–H and O–H groups in total. The van der Waals surface area contributed by atoms with Crippen LogP contribution < -0.4 is 0 Å². The molecule has 0 unspecified atom stereocenters. The van der Waals surface area contributed by atoms with Crippen molar-refractivity contribution in [3.63, 3.8) is 0 Å². The van der Waals surface area contributed by atoms with Gasteiger partial charge in [0.05, 0.1) is 13.2 Å². The van der Waals surface area contributed by atoms with E-state index in [1.165, 1.54) is 12.8 Å². The van der Waals surface area contributed by atoms with Crippen LogP contribution in [0.15, 0.2) is 0 Å². The molecule has 0 aliphatic heterocycles. The third-order valence-corrected chi connectivity index (χ3v) is 3.48. The number of carbonyl (C=O) groups is 1. The Balaban J connectivity index is 2.37. The molecule has 1 aliphatic carbocycles. The molecule has 0 heterocycles. The fourth-order valence-corrected chi connectivity index (χ4v) is 2.31. The first-order valence-corrected chi connectivity index (χ1v) is 6.41. The van der Waals surface area contributed by atoms with E-state index in [2.05, 4.69) is 18.7 Å². The van der Waals surface area contributed by atoms with Gasteiger partial charge in [0.15, 0.2) is 0 Å². The molecule has 0 amide bonds. The Morgan fingerprint density at radius 2 is 2.00 bits per heavy atom. The molecule has 0 atom stereocenters. The van der Waals surface area contributed by atoms with Gasteiger partial charge in [-0.25, -0.2) is 0 Å². The molecular formula is C13H25NO2. The summed E-state index contributed by atoms with van der Waals surface area (Å²) in [7, 11) is 1.71. The summed E-state index contributed by atoms with van der Waals surface area (Å²) in [6.45, 7) is 6.43. The number of methoxy groups -OCH3 is 1. The van der Waals surface area contributed by atoms with E-state index in [0.717, 1.165) is 19.4 Å². The first kappa shape index (κ1) is 13.7. The van der Waals surface area contributed by atoms with Crippen molar-refractivity contribution >= 4 is 5.78 Å². The fourth-order valence-electron chi connectivity index (χ4n) is 2.31. The van der Waals surface area contributed by atoms with Crippen LogP contribution >= 0.6 is 0 Å². The molecule has 1 rings (SSSR count). The number of ketones is 1. The van der Waals surface area contributed by atoms with Crippen molar-refractivity contribution < 1.29 is 9.53 Å². The standard InChI is InChI=1S/C13H25NO2/c1-11(2)14(8-9-16-3)10-13(15)12-6-4-5-7-12/h11-12H,4-10H2,1-3H3. The van der Waals surface area contributed by atoms with Gasteiger partial charge < -0.3 is 4.74 Å². The maximum Gasteiger partial charge on any atom is 0.149 e. The van der Waals surface area contributed by atoms with Gasteiger partial charge in [-0.2, -0.15) is 0 Å². The van der Waals surface area contributed by atoms with E-state index >= 15 is 0 Å². The minimum absolute atomic E-state index is 0.337. The molecule has 0 bridgehead atoms. The van der Waals surface area contributed by atoms with Gasteiger partial charge in [0, 0.05) is 25.6 Å². The lowest BCUT2D eigenvalue weighted by molar-refractivity contribution is -0.124. The highest BCUT2D eigenvalue weighted by Crippen LogP contribution is 2.25. The highest BCUT2D eigenvalue weighted by Gasteiger charge is 2.24. The van der Waals surface area contributed by atoms with E-state index in [9.17, 15) is 4.79 Å². The van der Waals surface area contributed by atoms with Crippen LogP contribution in [-0.4, -0.2) is 43.5 Å². The van der Waals surface area contributed by atoms with Crippen LogP contribution in [0.25, 0.3) is 0 Å². The van der Waals surface area contributed by atoms with Crippen LogP contribution in [0, 0.1) is 5.92 Å². The summed E-state index contributed by atoms with van der Waals surface area (Å²) in [6.07, 6.45) is 4.68. The predicted octanol–water partition coefficient (Wildman–Crippen LogP) is 2.10. The number of hydrogen-bond donors (Lipinski definition) is 0. The molecule has 1 aliphatic rings. The molecule has 0 saturated heterocycles. The summed E-state index contributed by atoms with van der Waals surface area (Å²) in [5, 5.41) is 0. The van der Waals surface area contributed by atoms with Crippen LogP contribution in [0.4, 0.5) is 0 Å². The molecular weight excluding hydrogens is 202 g/mol. The third-order valence-electron chi connectivity index (χ3n) is 3.48. The van der Waals surface area contributed by atoms with Gasteiger partial charge in [-0.3, -0.25) is 9.69 Å². The molecule has 1 saturated carbocycles. The summed E-state index contributed by atoms with van der Waals surface area (Å²) >= 11 is 0. The van der Waals surface area contributed by atoms with Crippen molar-refractivity contribution in [1.29, 1.82) is 0 Å². The quantitative estimate of drug-likeness (QED) is 0.667. The second kappa shape index (κ2) is 7.02. The van der Waals surface area contributed by atoms with Crippen molar-refractivity contribution in [1.82, 2.24) is 4.90 Å². The predicted molar refractivity (Wildman–Crippen MR) is 65.6 cm³/mol. The summed E-state index contributed by atoms with van der Waals surface area (Å²) in [5.41, 5.74) is 0. The van der Waals surface area contributed by atoms with Gasteiger partial charge in [-0.1, -0.05) is 12.8 Å². The average Bonchev–Trinajstić information content (AvgIpc) is 2.76. The van der Waals surface area contributed by atoms with Crippen molar-refractivity contribution in [3.8, 4) is 0 Å². The third kappa shape index (κ3) is 4.22. The van der Waals surface area contributed by atoms with E-state index in [1.807, 2.05) is 0 Å². The number of ether oxygens (including phenoxy) is 1. The number of hydrogen-bond acceptors (Lipinski definition) is 3. The highest BCUT2D eigenvalue weighted by molar-refractivity contribution is 5.83. The van der Waals surface area contributed by atoms with E-state index in [-0.39, 0.29) is 0 Å². The molecule has 0 aromatic heterocycles. The summed E-state index contributed by atoms with van der Waals surface area (Å²) < 4.78 is 5.08. The molecule has 16 heavy (non-hydrogen) atoms. The zero-order valence-electron chi connectivity index (χ0n) is 10.9. The second-order valence-electron chi connectivity index (χ2n) is 5.00. The number of Topliss-reactive ketones (excluding diaryl/α,β-unsaturated/α-hetero) is 1. The maximum absolute atomic E-state index is 12.0. The van der Waals surface area contributed by atoms with Gasteiger partial charge in [-0.05, 0) is 26.7 Å². The van der Waals surface area contributed by atoms with E-state index in [0.29, 0.717) is 30.9 Å². The van der Waals surface area contributed by atoms with Crippen LogP contribution in [0.1, 0.15) is 39.5 Å². The average molecular weight is 227 g/mol. The Bertz CT molecular complexity index is 210. The lowest BCUT2D eigenvalue weighted by Crippen LogP contribution is -2.39. The van der Waals surface area contributed by atoms with Gasteiger partial charge >= 0.3 is 0 Å². The minimum Gasteiger partial charge on any atom is -0.383 e. The van der Waals surface area contributed by atoms with Crippen LogP contribution in [0.5, 0.6) is 0 Å². The van der Waals surface area contributed by atoms with Crippen molar-refractivity contribution in [2.75, 3.05) is 26.8 Å². The summed E-state index contributed by atoms with van der Waals surface area (Å²) in [6, 6.07) is 0.417. The fraction of sp³-hybridized carbons (Fsp3) is 0.923. The van der Waals surface area contributed by atoms with E-state index in [4.69, 9.17) is 4.74 Å². The Hall–Kier alpha value is -0.410. The molecule has 3 heteroatoms. The Kier molecular flexibility index (Phi) is 5.99. The molecule has 3 nitrogen and oxygen atoms in total. The van der Waals surface area contributed by atoms with Gasteiger partial charge in [0.2, 0.25) is 0 Å². The van der Waals surface area contributed by atoms with Gasteiger partial charge in [-0.15, -0.1) is 0 Å². The monoisotopic (exact) mass is 227 g/mol. The van der Waals surface area contributed by atoms with Crippen molar-refractivity contribution in [2.24, 2.45) is 5.92 Å². The van der Waals surface area contributed by atoms with Gasteiger partial charge in [0.1, 0.15) is 5.78 Å². The molecule has 0 aromatic rings. The topological polar surface area (TPSA) is 29.5 Å². The van der Waals surface area contributed by atoms with Crippen LogP contribution in [-0.2, 0) is 9.53 Å². The Labute approximate surface area is 99.1 Å². The number of rotatable bonds is 7. The lowest BCUT2D eigenvalue weighted by atomic mass is 10.0. The molecule has 0 aromatic carbocycles. The minimum atomic E-state index is 0.337. The summed E-state index contributed by atoms with van der Waals surface area (Å²) in [5.74, 6) is 0.770. The Morgan fingerprint density at radius 1 is 1.38 bits per heavy atom. The zero-order valence-corrected chi connectivity index (χ0v) is 10.9. The maximum atomic E-state index is 12.0. The smallest absolute Gasteiger partial charge is 0.149 e. The number of carbonyl (C=O) groups excluding carboxylic acids is 1. The number of nitrogens with zero attached hydrogens (tertiary/aromatic N) is 1. The second-order valence-corrected chi connectivity index (χ2v) is 5.00. The lowest BCUT2D eigenvalue weighted by Gasteiger charge is -2.26. The Morgan fingerprint density at radius 3 is 2.50 bits per heavy atom. The summed E-state index contributed by atoms with van der Waals surface area (Å²) in [4.78, 5) is 14.3. The SMILES string of the molecule is COCCN(CC(=O)C1CCCC1)C(C)C. The molecule has 0 radical (unpaired) electrons. The zero-order chi connectivity index (χ0) is 12.0. The molecule has 0 spiro atoms. The first-order chi connectivity index (χ1) is 7.65. The van der Waals surface area contributed by atoms with Gasteiger partial charge in [0.25, 0.3) is 0 Å². The van der Waals surface area contributed by atoms with E-state index in [1.54, 1.807) is 7.11 Å².